The number of likely N-dealkylation sites (tertiary alicyclic amines) is 2. The van der Waals surface area contributed by atoms with E-state index in [0.717, 1.165) is 50.3 Å². The van der Waals surface area contributed by atoms with Crippen LogP contribution in [0, 0.1) is 6.92 Å². The van der Waals surface area contributed by atoms with E-state index in [1.165, 1.54) is 12.8 Å². The van der Waals surface area contributed by atoms with Gasteiger partial charge in [0.1, 0.15) is 0 Å². The van der Waals surface area contributed by atoms with Crippen LogP contribution >= 0.6 is 0 Å². The molecule has 0 spiro atoms. The van der Waals surface area contributed by atoms with E-state index in [9.17, 15) is 14.7 Å². The first kappa shape index (κ1) is 24.0. The highest BCUT2D eigenvalue weighted by atomic mass is 16.4. The van der Waals surface area contributed by atoms with Crippen molar-refractivity contribution < 1.29 is 14.7 Å². The minimum atomic E-state index is -0.981. The molecular weight excluding hydrogens is 456 g/mol. The first-order valence-corrected chi connectivity index (χ1v) is 12.5. The standard InChI is InChI=1S/C27H32N6O3/c1-18-14-19(25(34)33-13-5-6-21(33)17-32-11-3-4-12-32)7-8-22(18)29-27-28-10-9-23(30-27)24-15-20(26(35)36)16-31(24)2/h7-10,14-16,21H,3-6,11-13,17H2,1-2H3,(H,35,36)(H,28,29,30). The third kappa shape index (κ3) is 4.97. The van der Waals surface area contributed by atoms with Crippen molar-refractivity contribution in [1.29, 1.82) is 0 Å². The van der Waals surface area contributed by atoms with Gasteiger partial charge in [-0.05, 0) is 81.6 Å². The van der Waals surface area contributed by atoms with Crippen molar-refractivity contribution >= 4 is 23.5 Å². The number of hydrogen-bond donors (Lipinski definition) is 2. The quantitative estimate of drug-likeness (QED) is 0.519. The third-order valence-electron chi connectivity index (χ3n) is 7.20. The minimum absolute atomic E-state index is 0.0996. The lowest BCUT2D eigenvalue weighted by atomic mass is 10.1. The Bertz CT molecular complexity index is 1280. The number of carboxylic acid groups (broad SMARTS) is 1. The summed E-state index contributed by atoms with van der Waals surface area (Å²) in [6.07, 6.45) is 7.85. The van der Waals surface area contributed by atoms with Gasteiger partial charge in [0.05, 0.1) is 17.0 Å². The average molecular weight is 489 g/mol. The number of hydrogen-bond acceptors (Lipinski definition) is 6. The summed E-state index contributed by atoms with van der Waals surface area (Å²) in [7, 11) is 1.78. The predicted molar refractivity (Wildman–Crippen MR) is 138 cm³/mol. The van der Waals surface area contributed by atoms with Crippen molar-refractivity contribution in [2.24, 2.45) is 7.05 Å². The summed E-state index contributed by atoms with van der Waals surface area (Å²) in [6.45, 7) is 6.05. The number of aryl methyl sites for hydroxylation is 2. The van der Waals surface area contributed by atoms with E-state index in [1.807, 2.05) is 25.1 Å². The smallest absolute Gasteiger partial charge is 0.337 e. The van der Waals surface area contributed by atoms with Gasteiger partial charge in [0, 0.05) is 49.8 Å². The summed E-state index contributed by atoms with van der Waals surface area (Å²) in [5.74, 6) is -0.480. The number of aromatic carboxylic acids is 1. The zero-order valence-corrected chi connectivity index (χ0v) is 20.8. The molecular formula is C27H32N6O3. The highest BCUT2D eigenvalue weighted by Gasteiger charge is 2.31. The number of nitrogens with one attached hydrogen (secondary N) is 1. The van der Waals surface area contributed by atoms with E-state index >= 15 is 0 Å². The molecule has 2 saturated heterocycles. The molecule has 2 aliphatic rings. The first-order chi connectivity index (χ1) is 17.4. The summed E-state index contributed by atoms with van der Waals surface area (Å²) in [5, 5.41) is 12.5. The van der Waals surface area contributed by atoms with Gasteiger partial charge in [-0.2, -0.15) is 0 Å². The number of carbonyl (C=O) groups is 2. The van der Waals surface area contributed by atoms with Gasteiger partial charge < -0.3 is 24.8 Å². The first-order valence-electron chi connectivity index (χ1n) is 12.5. The highest BCUT2D eigenvalue weighted by Crippen LogP contribution is 2.26. The van der Waals surface area contributed by atoms with Crippen molar-refractivity contribution in [2.45, 2.75) is 38.6 Å². The Kier molecular flexibility index (Phi) is 6.73. The molecule has 1 atom stereocenters. The molecule has 2 aliphatic heterocycles. The summed E-state index contributed by atoms with van der Waals surface area (Å²) in [6, 6.07) is 9.32. The second-order valence-corrected chi connectivity index (χ2v) is 9.75. The highest BCUT2D eigenvalue weighted by molar-refractivity contribution is 5.95. The fourth-order valence-electron chi connectivity index (χ4n) is 5.28. The Morgan fingerprint density at radius 3 is 2.61 bits per heavy atom. The molecule has 9 heteroatoms. The van der Waals surface area contributed by atoms with E-state index in [0.29, 0.717) is 28.9 Å². The van der Waals surface area contributed by atoms with Gasteiger partial charge in [0.2, 0.25) is 5.95 Å². The Labute approximate surface area is 210 Å². The molecule has 2 aromatic heterocycles. The number of nitrogens with zero attached hydrogens (tertiary/aromatic N) is 5. The number of amides is 1. The molecule has 9 nitrogen and oxygen atoms in total. The molecule has 0 saturated carbocycles. The Morgan fingerprint density at radius 2 is 1.89 bits per heavy atom. The van der Waals surface area contributed by atoms with Gasteiger partial charge in [-0.3, -0.25) is 4.79 Å². The van der Waals surface area contributed by atoms with Crippen LogP contribution in [0.5, 0.6) is 0 Å². The maximum atomic E-state index is 13.4. The van der Waals surface area contributed by atoms with Gasteiger partial charge in [0.15, 0.2) is 0 Å². The number of anilines is 2. The van der Waals surface area contributed by atoms with Gasteiger partial charge in [-0.1, -0.05) is 0 Å². The lowest BCUT2D eigenvalue weighted by molar-refractivity contribution is 0.0692. The Hall–Kier alpha value is -3.72. The number of carboxylic acids is 1. The molecule has 1 amide bonds. The predicted octanol–water partition coefficient (Wildman–Crippen LogP) is 3.93. The second-order valence-electron chi connectivity index (χ2n) is 9.75. The third-order valence-corrected chi connectivity index (χ3v) is 7.20. The minimum Gasteiger partial charge on any atom is -0.478 e. The van der Waals surface area contributed by atoms with Crippen LogP contribution in [-0.2, 0) is 7.05 Å². The number of aromatic nitrogens is 3. The fraction of sp³-hybridized carbons (Fsp3) is 0.407. The second kappa shape index (κ2) is 10.1. The van der Waals surface area contributed by atoms with Gasteiger partial charge in [0.25, 0.3) is 5.91 Å². The molecule has 5 rings (SSSR count). The fourth-order valence-corrected chi connectivity index (χ4v) is 5.28. The van der Waals surface area contributed by atoms with E-state index in [1.54, 1.807) is 36.1 Å². The topological polar surface area (TPSA) is 104 Å². The van der Waals surface area contributed by atoms with Crippen LogP contribution in [0.2, 0.25) is 0 Å². The van der Waals surface area contributed by atoms with Crippen LogP contribution < -0.4 is 5.32 Å². The molecule has 1 unspecified atom stereocenters. The van der Waals surface area contributed by atoms with Crippen molar-refractivity contribution in [3.8, 4) is 11.4 Å². The molecule has 36 heavy (non-hydrogen) atoms. The average Bonchev–Trinajstić information content (AvgIpc) is 3.62. The van der Waals surface area contributed by atoms with Crippen LogP contribution in [0.4, 0.5) is 11.6 Å². The lowest BCUT2D eigenvalue weighted by Crippen LogP contribution is -2.42. The van der Waals surface area contributed by atoms with Crippen LogP contribution in [0.3, 0.4) is 0 Å². The van der Waals surface area contributed by atoms with Crippen LogP contribution in [0.25, 0.3) is 11.4 Å². The van der Waals surface area contributed by atoms with E-state index in [4.69, 9.17) is 0 Å². The molecule has 188 valence electrons. The van der Waals surface area contributed by atoms with Crippen LogP contribution in [0.15, 0.2) is 42.7 Å². The number of carbonyl (C=O) groups excluding carboxylic acids is 1. The number of benzene rings is 1. The normalized spacial score (nSPS) is 18.1. The zero-order chi connectivity index (χ0) is 25.2. The van der Waals surface area contributed by atoms with Crippen molar-refractivity contribution in [3.05, 3.63) is 59.4 Å². The van der Waals surface area contributed by atoms with Crippen LogP contribution in [0.1, 0.15) is 52.0 Å². The van der Waals surface area contributed by atoms with Gasteiger partial charge in [-0.15, -0.1) is 0 Å². The molecule has 0 aliphatic carbocycles. The van der Waals surface area contributed by atoms with Crippen molar-refractivity contribution in [3.63, 3.8) is 0 Å². The summed E-state index contributed by atoms with van der Waals surface area (Å²) in [5.41, 5.74) is 3.95. The summed E-state index contributed by atoms with van der Waals surface area (Å²) < 4.78 is 1.73. The summed E-state index contributed by atoms with van der Waals surface area (Å²) in [4.78, 5) is 38.1. The van der Waals surface area contributed by atoms with Gasteiger partial charge in [-0.25, -0.2) is 14.8 Å². The van der Waals surface area contributed by atoms with E-state index in [-0.39, 0.29) is 11.5 Å². The monoisotopic (exact) mass is 488 g/mol. The molecule has 1 aromatic carbocycles. The van der Waals surface area contributed by atoms with Crippen LogP contribution in [-0.4, -0.2) is 73.5 Å². The SMILES string of the molecule is Cc1cc(C(=O)N2CCCC2CN2CCCC2)ccc1Nc1nccc(-c2cc(C(=O)O)cn2C)n1. The summed E-state index contributed by atoms with van der Waals surface area (Å²) >= 11 is 0. The maximum Gasteiger partial charge on any atom is 0.337 e. The van der Waals surface area contributed by atoms with E-state index < -0.39 is 5.97 Å². The molecule has 2 fully saturated rings. The van der Waals surface area contributed by atoms with Gasteiger partial charge >= 0.3 is 5.97 Å². The number of rotatable bonds is 7. The van der Waals surface area contributed by atoms with Crippen molar-refractivity contribution in [2.75, 3.05) is 31.5 Å². The Balaban J connectivity index is 1.30. The lowest BCUT2D eigenvalue weighted by Gasteiger charge is -2.28. The van der Waals surface area contributed by atoms with E-state index in [2.05, 4.69) is 25.1 Å². The Morgan fingerprint density at radius 1 is 1.08 bits per heavy atom. The molecule has 0 bridgehead atoms. The molecule has 2 N–H and O–H groups in total. The molecule has 3 aromatic rings. The zero-order valence-electron chi connectivity index (χ0n) is 20.8. The van der Waals surface area contributed by atoms with Crippen molar-refractivity contribution in [1.82, 2.24) is 24.3 Å². The molecule has 4 heterocycles. The largest absolute Gasteiger partial charge is 0.478 e. The molecule has 0 radical (unpaired) electrons. The maximum absolute atomic E-state index is 13.4.